The molecule has 0 aromatic carbocycles. The van der Waals surface area contributed by atoms with Crippen molar-refractivity contribution in [3.63, 3.8) is 0 Å². The van der Waals surface area contributed by atoms with Crippen LogP contribution in [0.5, 0.6) is 0 Å². The van der Waals surface area contributed by atoms with E-state index >= 15 is 0 Å². The normalized spacial score (nSPS) is 45.8. The first-order chi connectivity index (χ1) is 5.27. The Bertz CT molecular complexity index is 151. The maximum absolute atomic E-state index is 9.54. The zero-order valence-electron chi connectivity index (χ0n) is 6.61. The van der Waals surface area contributed by atoms with Crippen molar-refractivity contribution in [3.8, 4) is 0 Å². The number of rotatable bonds is 0. The molecule has 2 fully saturated rings. The quantitative estimate of drug-likeness (QED) is 0.502. The number of fused-ring (bicyclic) bond motifs is 1. The van der Waals surface area contributed by atoms with E-state index in [2.05, 4.69) is 4.90 Å². The Morgan fingerprint density at radius 3 is 2.82 bits per heavy atom. The number of aliphatic hydroxyl groups excluding tert-OH is 2. The summed E-state index contributed by atoms with van der Waals surface area (Å²) in [6.07, 6.45) is 2.35. The van der Waals surface area contributed by atoms with Gasteiger partial charge in [0, 0.05) is 12.6 Å². The maximum Gasteiger partial charge on any atom is 0.0696 e. The predicted molar refractivity (Wildman–Crippen MR) is 41.2 cm³/mol. The summed E-state index contributed by atoms with van der Waals surface area (Å²) >= 11 is 0. The van der Waals surface area contributed by atoms with E-state index in [1.807, 2.05) is 0 Å². The molecule has 2 N–H and O–H groups in total. The third-order valence-electron chi connectivity index (χ3n) is 2.82. The van der Waals surface area contributed by atoms with Gasteiger partial charge in [-0.1, -0.05) is 0 Å². The van der Waals surface area contributed by atoms with Crippen molar-refractivity contribution in [3.05, 3.63) is 0 Å². The lowest BCUT2D eigenvalue weighted by Gasteiger charge is -2.33. The van der Waals surface area contributed by atoms with Gasteiger partial charge in [-0.25, -0.2) is 0 Å². The van der Waals surface area contributed by atoms with Gasteiger partial charge in [0.1, 0.15) is 0 Å². The monoisotopic (exact) mass is 157 g/mol. The Hall–Kier alpha value is -0.120. The molecule has 0 saturated carbocycles. The molecule has 2 aliphatic rings. The molecular weight excluding hydrogens is 142 g/mol. The summed E-state index contributed by atoms with van der Waals surface area (Å²) in [5.74, 6) is 0. The van der Waals surface area contributed by atoms with Gasteiger partial charge in [0.2, 0.25) is 0 Å². The average Bonchev–Trinajstić information content (AvgIpc) is 2.31. The molecule has 3 atom stereocenters. The van der Waals surface area contributed by atoms with E-state index in [1.165, 1.54) is 0 Å². The molecule has 0 aromatic heterocycles. The van der Waals surface area contributed by atoms with Crippen LogP contribution in [-0.2, 0) is 0 Å². The second-order valence-corrected chi connectivity index (χ2v) is 3.66. The highest BCUT2D eigenvalue weighted by atomic mass is 16.3. The molecule has 0 spiro atoms. The van der Waals surface area contributed by atoms with Gasteiger partial charge in [-0.3, -0.25) is 4.90 Å². The summed E-state index contributed by atoms with van der Waals surface area (Å²) in [6.45, 7) is 1.82. The SMILES string of the molecule is O[C@@H]1C[C@@H]2[C@@H](O)CCCN2C1. The molecule has 0 aromatic rings. The molecular formula is C8H15NO2. The van der Waals surface area contributed by atoms with E-state index in [1.54, 1.807) is 0 Å². The summed E-state index contributed by atoms with van der Waals surface area (Å²) in [5, 5.41) is 18.9. The first kappa shape index (κ1) is 7.53. The smallest absolute Gasteiger partial charge is 0.0696 e. The molecule has 0 bridgehead atoms. The summed E-state index contributed by atoms with van der Waals surface area (Å²) in [5.41, 5.74) is 0. The fourth-order valence-corrected chi connectivity index (χ4v) is 2.26. The highest BCUT2D eigenvalue weighted by molar-refractivity contribution is 4.92. The van der Waals surface area contributed by atoms with Crippen molar-refractivity contribution in [2.45, 2.75) is 37.5 Å². The van der Waals surface area contributed by atoms with Crippen LogP contribution in [0.3, 0.4) is 0 Å². The van der Waals surface area contributed by atoms with Crippen molar-refractivity contribution in [2.24, 2.45) is 0 Å². The lowest BCUT2D eigenvalue weighted by Crippen LogP contribution is -2.43. The molecule has 3 heteroatoms. The Labute approximate surface area is 66.6 Å². The third kappa shape index (κ3) is 1.28. The Morgan fingerprint density at radius 1 is 1.27 bits per heavy atom. The molecule has 3 nitrogen and oxygen atoms in total. The predicted octanol–water partition coefficient (Wildman–Crippen LogP) is -0.424. The summed E-state index contributed by atoms with van der Waals surface area (Å²) in [4.78, 5) is 2.21. The Kier molecular flexibility index (Phi) is 1.87. The van der Waals surface area contributed by atoms with E-state index in [-0.39, 0.29) is 18.2 Å². The van der Waals surface area contributed by atoms with Gasteiger partial charge in [0.05, 0.1) is 12.2 Å². The number of nitrogens with zero attached hydrogens (tertiary/aromatic N) is 1. The number of hydrogen-bond acceptors (Lipinski definition) is 3. The van der Waals surface area contributed by atoms with Crippen LogP contribution in [0.25, 0.3) is 0 Å². The van der Waals surface area contributed by atoms with Gasteiger partial charge in [-0.15, -0.1) is 0 Å². The van der Waals surface area contributed by atoms with Gasteiger partial charge < -0.3 is 10.2 Å². The van der Waals surface area contributed by atoms with Gasteiger partial charge in [0.25, 0.3) is 0 Å². The van der Waals surface area contributed by atoms with E-state index in [9.17, 15) is 10.2 Å². The second-order valence-electron chi connectivity index (χ2n) is 3.66. The van der Waals surface area contributed by atoms with Crippen LogP contribution in [0.15, 0.2) is 0 Å². The van der Waals surface area contributed by atoms with Crippen molar-refractivity contribution in [2.75, 3.05) is 13.1 Å². The van der Waals surface area contributed by atoms with Crippen molar-refractivity contribution < 1.29 is 10.2 Å². The van der Waals surface area contributed by atoms with Crippen LogP contribution < -0.4 is 0 Å². The van der Waals surface area contributed by atoms with Gasteiger partial charge >= 0.3 is 0 Å². The molecule has 0 radical (unpaired) electrons. The standard InChI is InChI=1S/C8H15NO2/c10-6-4-7-8(11)2-1-3-9(7)5-6/h6-8,10-11H,1-5H2/t6-,7-,8+/m1/s1. The van der Waals surface area contributed by atoms with E-state index in [0.717, 1.165) is 32.4 Å². The van der Waals surface area contributed by atoms with Crippen LogP contribution in [-0.4, -0.2) is 46.5 Å². The third-order valence-corrected chi connectivity index (χ3v) is 2.82. The van der Waals surface area contributed by atoms with Crippen molar-refractivity contribution in [1.82, 2.24) is 4.90 Å². The highest BCUT2D eigenvalue weighted by Gasteiger charge is 2.37. The maximum atomic E-state index is 9.54. The largest absolute Gasteiger partial charge is 0.392 e. The Balaban J connectivity index is 2.03. The van der Waals surface area contributed by atoms with Crippen LogP contribution in [0.1, 0.15) is 19.3 Å². The topological polar surface area (TPSA) is 43.7 Å². The summed E-state index contributed by atoms with van der Waals surface area (Å²) in [6, 6.07) is 0.249. The molecule has 0 unspecified atom stereocenters. The Morgan fingerprint density at radius 2 is 2.09 bits per heavy atom. The fraction of sp³-hybridized carbons (Fsp3) is 1.00. The molecule has 0 aliphatic carbocycles. The van der Waals surface area contributed by atoms with Crippen LogP contribution in [0, 0.1) is 0 Å². The number of hydrogen-bond donors (Lipinski definition) is 2. The van der Waals surface area contributed by atoms with E-state index in [0.29, 0.717) is 0 Å². The lowest BCUT2D eigenvalue weighted by atomic mass is 9.99. The molecule has 2 rings (SSSR count). The molecule has 2 saturated heterocycles. The first-order valence-electron chi connectivity index (χ1n) is 4.37. The highest BCUT2D eigenvalue weighted by Crippen LogP contribution is 2.26. The van der Waals surface area contributed by atoms with Gasteiger partial charge in [0.15, 0.2) is 0 Å². The second kappa shape index (κ2) is 2.73. The van der Waals surface area contributed by atoms with Crippen LogP contribution in [0.2, 0.25) is 0 Å². The molecule has 11 heavy (non-hydrogen) atoms. The molecule has 2 aliphatic heterocycles. The number of piperidine rings is 1. The summed E-state index contributed by atoms with van der Waals surface area (Å²) in [7, 11) is 0. The van der Waals surface area contributed by atoms with E-state index < -0.39 is 0 Å². The number of aliphatic hydroxyl groups is 2. The van der Waals surface area contributed by atoms with E-state index in [4.69, 9.17) is 0 Å². The minimum Gasteiger partial charge on any atom is -0.392 e. The summed E-state index contributed by atoms with van der Waals surface area (Å²) < 4.78 is 0. The molecule has 64 valence electrons. The van der Waals surface area contributed by atoms with Gasteiger partial charge in [-0.05, 0) is 25.8 Å². The van der Waals surface area contributed by atoms with Gasteiger partial charge in [-0.2, -0.15) is 0 Å². The minimum atomic E-state index is -0.201. The van der Waals surface area contributed by atoms with Crippen molar-refractivity contribution >= 4 is 0 Å². The average molecular weight is 157 g/mol. The van der Waals surface area contributed by atoms with Crippen molar-refractivity contribution in [1.29, 1.82) is 0 Å². The zero-order chi connectivity index (χ0) is 7.84. The minimum absolute atomic E-state index is 0.194. The zero-order valence-corrected chi connectivity index (χ0v) is 6.61. The molecule has 0 amide bonds. The molecule has 2 heterocycles. The first-order valence-corrected chi connectivity index (χ1v) is 4.37. The van der Waals surface area contributed by atoms with Crippen LogP contribution in [0.4, 0.5) is 0 Å². The lowest BCUT2D eigenvalue weighted by molar-refractivity contribution is 0.0344. The van der Waals surface area contributed by atoms with Crippen LogP contribution >= 0.6 is 0 Å². The fourth-order valence-electron chi connectivity index (χ4n) is 2.26.